The Balaban J connectivity index is 1.52. The maximum absolute atomic E-state index is 13.4. The lowest BCUT2D eigenvalue weighted by molar-refractivity contribution is -0.133. The van der Waals surface area contributed by atoms with E-state index < -0.39 is 6.04 Å². The van der Waals surface area contributed by atoms with Gasteiger partial charge in [0.25, 0.3) is 5.91 Å². The van der Waals surface area contributed by atoms with Crippen LogP contribution in [0, 0.1) is 0 Å². The standard InChI is InChI=1S/C30H45N7O3/c1-5-20-37(21-6-2)29(40)25(34-28(39)22-10-8-7-9-11-22)16-17-27(38)32-23-12-14-24(15-13-23)33-30-31-19-18-26(35-30)36(3)4/h7-11,18-19,23-25H,5-6,12-17,20-21H2,1-4H3,(H,32,38)(H,34,39)(H,31,33,35)/t23-,24+,25?. The normalized spacial score (nSPS) is 17.4. The Morgan fingerprint density at radius 3 is 2.23 bits per heavy atom. The monoisotopic (exact) mass is 551 g/mol. The van der Waals surface area contributed by atoms with E-state index in [4.69, 9.17) is 0 Å². The van der Waals surface area contributed by atoms with Crippen molar-refractivity contribution in [2.45, 2.75) is 83.3 Å². The highest BCUT2D eigenvalue weighted by atomic mass is 16.2. The molecule has 1 unspecified atom stereocenters. The van der Waals surface area contributed by atoms with Gasteiger partial charge in [-0.1, -0.05) is 32.0 Å². The van der Waals surface area contributed by atoms with Gasteiger partial charge in [-0.05, 0) is 63.1 Å². The lowest BCUT2D eigenvalue weighted by Crippen LogP contribution is -2.49. The van der Waals surface area contributed by atoms with Gasteiger partial charge in [-0.2, -0.15) is 4.98 Å². The number of rotatable bonds is 14. The number of hydrogen-bond acceptors (Lipinski definition) is 7. The predicted octanol–water partition coefficient (Wildman–Crippen LogP) is 3.61. The molecule has 0 bridgehead atoms. The summed E-state index contributed by atoms with van der Waals surface area (Å²) in [4.78, 5) is 51.8. The molecule has 1 aromatic heterocycles. The number of nitrogens with one attached hydrogen (secondary N) is 3. The van der Waals surface area contributed by atoms with Crippen LogP contribution in [0.25, 0.3) is 0 Å². The first-order chi connectivity index (χ1) is 19.3. The van der Waals surface area contributed by atoms with Gasteiger partial charge in [0.1, 0.15) is 11.9 Å². The zero-order valence-electron chi connectivity index (χ0n) is 24.4. The van der Waals surface area contributed by atoms with E-state index in [-0.39, 0.29) is 42.6 Å². The first kappa shape index (κ1) is 30.8. The summed E-state index contributed by atoms with van der Waals surface area (Å²) in [5.74, 6) is 0.934. The van der Waals surface area contributed by atoms with Gasteiger partial charge >= 0.3 is 0 Å². The highest BCUT2D eigenvalue weighted by molar-refractivity contribution is 5.97. The molecular formula is C30H45N7O3. The van der Waals surface area contributed by atoms with Crippen LogP contribution in [0.15, 0.2) is 42.6 Å². The van der Waals surface area contributed by atoms with Crippen LogP contribution < -0.4 is 20.9 Å². The van der Waals surface area contributed by atoms with Gasteiger partial charge in [0.15, 0.2) is 0 Å². The third-order valence-corrected chi connectivity index (χ3v) is 7.12. The molecule has 1 aliphatic rings. The number of benzene rings is 1. The van der Waals surface area contributed by atoms with E-state index in [0.717, 1.165) is 44.3 Å². The number of amides is 3. The Labute approximate surface area is 238 Å². The number of nitrogens with zero attached hydrogens (tertiary/aromatic N) is 4. The van der Waals surface area contributed by atoms with Crippen molar-refractivity contribution in [2.24, 2.45) is 0 Å². The number of aromatic nitrogens is 2. The van der Waals surface area contributed by atoms with E-state index in [1.807, 2.05) is 45.0 Å². The summed E-state index contributed by atoms with van der Waals surface area (Å²) in [7, 11) is 3.89. The van der Waals surface area contributed by atoms with Crippen LogP contribution in [0.3, 0.4) is 0 Å². The lowest BCUT2D eigenvalue weighted by atomic mass is 9.91. The highest BCUT2D eigenvalue weighted by Gasteiger charge is 2.28. The summed E-state index contributed by atoms with van der Waals surface area (Å²) < 4.78 is 0. The minimum atomic E-state index is -0.755. The number of anilines is 2. The summed E-state index contributed by atoms with van der Waals surface area (Å²) >= 11 is 0. The molecule has 218 valence electrons. The second-order valence-corrected chi connectivity index (χ2v) is 10.6. The molecule has 0 saturated heterocycles. The van der Waals surface area contributed by atoms with E-state index >= 15 is 0 Å². The summed E-state index contributed by atoms with van der Waals surface area (Å²) in [6.07, 6.45) is 7.34. The zero-order valence-corrected chi connectivity index (χ0v) is 24.4. The SMILES string of the molecule is CCCN(CCC)C(=O)C(CCC(=O)N[C@H]1CC[C@@H](Nc2nccc(N(C)C)n2)CC1)NC(=O)c1ccccc1. The number of carbonyl (C=O) groups is 3. The van der Waals surface area contributed by atoms with Crippen LogP contribution in [0.5, 0.6) is 0 Å². The quantitative estimate of drug-likeness (QED) is 0.328. The predicted molar refractivity (Wildman–Crippen MR) is 158 cm³/mol. The van der Waals surface area contributed by atoms with Gasteiger partial charge in [-0.3, -0.25) is 14.4 Å². The fraction of sp³-hybridized carbons (Fsp3) is 0.567. The van der Waals surface area contributed by atoms with Crippen molar-refractivity contribution in [1.82, 2.24) is 25.5 Å². The average molecular weight is 552 g/mol. The molecule has 0 aliphatic heterocycles. The van der Waals surface area contributed by atoms with E-state index in [2.05, 4.69) is 25.9 Å². The van der Waals surface area contributed by atoms with E-state index in [9.17, 15) is 14.4 Å². The molecule has 0 radical (unpaired) electrons. The van der Waals surface area contributed by atoms with Gasteiger partial charge < -0.3 is 25.8 Å². The van der Waals surface area contributed by atoms with Crippen molar-refractivity contribution in [3.05, 3.63) is 48.2 Å². The van der Waals surface area contributed by atoms with E-state index in [1.54, 1.807) is 35.4 Å². The van der Waals surface area contributed by atoms with Crippen molar-refractivity contribution in [2.75, 3.05) is 37.4 Å². The molecule has 1 saturated carbocycles. The van der Waals surface area contributed by atoms with Crippen molar-refractivity contribution in [3.63, 3.8) is 0 Å². The minimum absolute atomic E-state index is 0.0873. The average Bonchev–Trinajstić information content (AvgIpc) is 2.96. The minimum Gasteiger partial charge on any atom is -0.363 e. The summed E-state index contributed by atoms with van der Waals surface area (Å²) in [6.45, 7) is 5.30. The maximum Gasteiger partial charge on any atom is 0.251 e. The summed E-state index contributed by atoms with van der Waals surface area (Å²) in [6, 6.07) is 10.3. The molecule has 1 fully saturated rings. The first-order valence-corrected chi connectivity index (χ1v) is 14.5. The molecule has 10 heteroatoms. The molecule has 1 atom stereocenters. The topological polar surface area (TPSA) is 120 Å². The van der Waals surface area contributed by atoms with E-state index in [1.165, 1.54) is 0 Å². The van der Waals surface area contributed by atoms with Crippen LogP contribution in [-0.4, -0.2) is 77.9 Å². The van der Waals surface area contributed by atoms with Crippen LogP contribution in [0.2, 0.25) is 0 Å². The molecule has 40 heavy (non-hydrogen) atoms. The fourth-order valence-corrected chi connectivity index (χ4v) is 4.99. The third-order valence-electron chi connectivity index (χ3n) is 7.12. The molecule has 1 heterocycles. The van der Waals surface area contributed by atoms with Gasteiger partial charge in [-0.25, -0.2) is 4.98 Å². The van der Waals surface area contributed by atoms with Crippen molar-refractivity contribution in [3.8, 4) is 0 Å². The Bertz CT molecular complexity index is 1080. The van der Waals surface area contributed by atoms with Crippen LogP contribution >= 0.6 is 0 Å². The van der Waals surface area contributed by atoms with Crippen LogP contribution in [0.1, 0.15) is 75.6 Å². The summed E-state index contributed by atoms with van der Waals surface area (Å²) in [5.41, 5.74) is 0.492. The smallest absolute Gasteiger partial charge is 0.251 e. The van der Waals surface area contributed by atoms with Gasteiger partial charge in [0, 0.05) is 57.4 Å². The Hall–Kier alpha value is -3.69. The number of carbonyl (C=O) groups excluding carboxylic acids is 3. The largest absolute Gasteiger partial charge is 0.363 e. The molecule has 1 aromatic carbocycles. The van der Waals surface area contributed by atoms with Gasteiger partial charge in [0.05, 0.1) is 0 Å². The molecule has 0 spiro atoms. The zero-order chi connectivity index (χ0) is 28.9. The maximum atomic E-state index is 13.4. The Kier molecular flexibility index (Phi) is 12.2. The lowest BCUT2D eigenvalue weighted by Gasteiger charge is -2.30. The second kappa shape index (κ2) is 15.8. The second-order valence-electron chi connectivity index (χ2n) is 10.6. The molecule has 10 nitrogen and oxygen atoms in total. The van der Waals surface area contributed by atoms with Crippen molar-refractivity contribution < 1.29 is 14.4 Å². The first-order valence-electron chi connectivity index (χ1n) is 14.5. The molecule has 3 amide bonds. The number of hydrogen-bond donors (Lipinski definition) is 3. The molecule has 1 aliphatic carbocycles. The highest BCUT2D eigenvalue weighted by Crippen LogP contribution is 2.22. The Morgan fingerprint density at radius 1 is 0.950 bits per heavy atom. The summed E-state index contributed by atoms with van der Waals surface area (Å²) in [5, 5.41) is 9.46. The van der Waals surface area contributed by atoms with Crippen LogP contribution in [-0.2, 0) is 9.59 Å². The van der Waals surface area contributed by atoms with Gasteiger partial charge in [0.2, 0.25) is 17.8 Å². The van der Waals surface area contributed by atoms with E-state index in [0.29, 0.717) is 24.6 Å². The molecule has 3 rings (SSSR count). The fourth-order valence-electron chi connectivity index (χ4n) is 4.99. The van der Waals surface area contributed by atoms with Crippen molar-refractivity contribution >= 4 is 29.5 Å². The Morgan fingerprint density at radius 2 is 1.60 bits per heavy atom. The van der Waals surface area contributed by atoms with Crippen LogP contribution in [0.4, 0.5) is 11.8 Å². The molecule has 3 N–H and O–H groups in total. The third kappa shape index (κ3) is 9.50. The van der Waals surface area contributed by atoms with Gasteiger partial charge in [-0.15, -0.1) is 0 Å². The molecular weight excluding hydrogens is 506 g/mol. The molecule has 2 aromatic rings. The van der Waals surface area contributed by atoms with Crippen molar-refractivity contribution in [1.29, 1.82) is 0 Å².